The summed E-state index contributed by atoms with van der Waals surface area (Å²) in [4.78, 5) is 24.2. The molecule has 2 heterocycles. The fourth-order valence-electron chi connectivity index (χ4n) is 4.12. The zero-order valence-electron chi connectivity index (χ0n) is 18.7. The van der Waals surface area contributed by atoms with Gasteiger partial charge in [0.1, 0.15) is 0 Å². The van der Waals surface area contributed by atoms with Gasteiger partial charge in [-0.1, -0.05) is 13.8 Å². The molecule has 0 aromatic rings. The van der Waals surface area contributed by atoms with Crippen LogP contribution in [0.3, 0.4) is 0 Å². The Bertz CT molecular complexity index is 499. The van der Waals surface area contributed by atoms with Gasteiger partial charge < -0.3 is 15.5 Å². The quantitative estimate of drug-likeness (QED) is 0.479. The second-order valence-electron chi connectivity index (χ2n) is 8.86. The Labute approximate surface area is 171 Å². The maximum atomic E-state index is 12.0. The number of rotatable bonds is 8. The molecule has 2 aliphatic rings. The van der Waals surface area contributed by atoms with Gasteiger partial charge >= 0.3 is 0 Å². The zero-order chi connectivity index (χ0) is 20.5. The minimum atomic E-state index is 0.121. The molecule has 162 valence electrons. The van der Waals surface area contributed by atoms with Crippen molar-refractivity contribution in [2.24, 2.45) is 10.9 Å². The van der Waals surface area contributed by atoms with Crippen LogP contribution in [0.25, 0.3) is 0 Å². The van der Waals surface area contributed by atoms with Crippen LogP contribution in [0, 0.1) is 5.92 Å². The van der Waals surface area contributed by atoms with Gasteiger partial charge in [0.05, 0.1) is 13.1 Å². The lowest BCUT2D eigenvalue weighted by atomic mass is 10.2. The third-order valence-corrected chi connectivity index (χ3v) is 5.37. The molecule has 1 atom stereocenters. The Morgan fingerprint density at radius 1 is 1.11 bits per heavy atom. The van der Waals surface area contributed by atoms with Crippen LogP contribution < -0.4 is 10.6 Å². The molecule has 0 aromatic heterocycles. The highest BCUT2D eigenvalue weighted by Gasteiger charge is 2.26. The smallest absolute Gasteiger partial charge is 0.234 e. The first-order valence-electron chi connectivity index (χ1n) is 11.2. The molecule has 1 amide bonds. The van der Waals surface area contributed by atoms with Gasteiger partial charge in [0.15, 0.2) is 5.96 Å². The lowest BCUT2D eigenvalue weighted by Crippen LogP contribution is -2.54. The number of nitrogens with one attached hydrogen (secondary N) is 2. The van der Waals surface area contributed by atoms with Gasteiger partial charge in [-0.2, -0.15) is 0 Å². The molecule has 0 saturated carbocycles. The van der Waals surface area contributed by atoms with Crippen molar-refractivity contribution in [2.75, 3.05) is 58.9 Å². The molecule has 2 aliphatic heterocycles. The highest BCUT2D eigenvalue weighted by Crippen LogP contribution is 2.19. The number of aliphatic imine (C=N–C) groups is 1. The molecular formula is C21H42N6O. The van der Waals surface area contributed by atoms with E-state index in [-0.39, 0.29) is 11.9 Å². The van der Waals surface area contributed by atoms with Crippen LogP contribution in [0.1, 0.15) is 47.5 Å². The molecule has 0 bridgehead atoms. The Kier molecular flexibility index (Phi) is 9.51. The molecule has 2 saturated heterocycles. The molecule has 0 unspecified atom stereocenters. The topological polar surface area (TPSA) is 63.2 Å². The van der Waals surface area contributed by atoms with Crippen LogP contribution in [0.4, 0.5) is 0 Å². The number of piperazine rings is 1. The minimum absolute atomic E-state index is 0.121. The average molecular weight is 395 g/mol. The summed E-state index contributed by atoms with van der Waals surface area (Å²) in [6.45, 7) is 19.0. The van der Waals surface area contributed by atoms with Gasteiger partial charge in [-0.3, -0.25) is 19.6 Å². The van der Waals surface area contributed by atoms with Crippen molar-refractivity contribution < 1.29 is 4.79 Å². The second kappa shape index (κ2) is 11.6. The number of carbonyl (C=O) groups is 1. The largest absolute Gasteiger partial charge is 0.357 e. The monoisotopic (exact) mass is 394 g/mol. The number of amides is 1. The number of hydrogen-bond acceptors (Lipinski definition) is 4. The van der Waals surface area contributed by atoms with Gasteiger partial charge in [-0.25, -0.2) is 0 Å². The van der Waals surface area contributed by atoms with Crippen LogP contribution in [-0.2, 0) is 4.79 Å². The number of guanidine groups is 1. The van der Waals surface area contributed by atoms with Gasteiger partial charge in [0.25, 0.3) is 0 Å². The third kappa shape index (κ3) is 7.59. The molecule has 2 fully saturated rings. The van der Waals surface area contributed by atoms with Gasteiger partial charge in [-0.15, -0.1) is 0 Å². The summed E-state index contributed by atoms with van der Waals surface area (Å²) in [6.07, 6.45) is 2.55. The first-order valence-corrected chi connectivity index (χ1v) is 11.2. The maximum Gasteiger partial charge on any atom is 0.234 e. The lowest BCUT2D eigenvalue weighted by Gasteiger charge is -2.36. The van der Waals surface area contributed by atoms with Crippen LogP contribution >= 0.6 is 0 Å². The predicted octanol–water partition coefficient (Wildman–Crippen LogP) is 1.21. The average Bonchev–Trinajstić information content (AvgIpc) is 3.05. The maximum absolute atomic E-state index is 12.0. The normalized spacial score (nSPS) is 22.3. The summed E-state index contributed by atoms with van der Waals surface area (Å²) in [7, 11) is 0. The van der Waals surface area contributed by atoms with Gasteiger partial charge in [-0.05, 0) is 46.1 Å². The van der Waals surface area contributed by atoms with Crippen molar-refractivity contribution in [1.82, 2.24) is 25.3 Å². The van der Waals surface area contributed by atoms with E-state index in [0.717, 1.165) is 45.2 Å². The number of likely N-dealkylation sites (tertiary alicyclic amines) is 1. The van der Waals surface area contributed by atoms with Crippen molar-refractivity contribution in [3.05, 3.63) is 0 Å². The fourth-order valence-corrected chi connectivity index (χ4v) is 4.12. The second-order valence-corrected chi connectivity index (χ2v) is 8.86. The van der Waals surface area contributed by atoms with Crippen molar-refractivity contribution >= 4 is 11.9 Å². The molecule has 7 nitrogen and oxygen atoms in total. The van der Waals surface area contributed by atoms with Crippen LogP contribution in [0.15, 0.2) is 4.99 Å². The molecule has 28 heavy (non-hydrogen) atoms. The highest BCUT2D eigenvalue weighted by atomic mass is 16.2. The van der Waals surface area contributed by atoms with Gasteiger partial charge in [0.2, 0.25) is 5.91 Å². The first-order chi connectivity index (χ1) is 13.4. The molecular weight excluding hydrogens is 352 g/mol. The molecule has 7 heteroatoms. The van der Waals surface area contributed by atoms with E-state index < -0.39 is 0 Å². The number of nitrogens with zero attached hydrogens (tertiary/aromatic N) is 4. The molecule has 0 aliphatic carbocycles. The molecule has 0 radical (unpaired) electrons. The van der Waals surface area contributed by atoms with Crippen LogP contribution in [0.2, 0.25) is 0 Å². The van der Waals surface area contributed by atoms with Crippen LogP contribution in [0.5, 0.6) is 0 Å². The number of carbonyl (C=O) groups excluding carboxylic acids is 1. The lowest BCUT2D eigenvalue weighted by molar-refractivity contribution is -0.123. The summed E-state index contributed by atoms with van der Waals surface area (Å²) >= 11 is 0. The van der Waals surface area contributed by atoms with E-state index in [1.165, 1.54) is 25.9 Å². The standard InChI is InChI=1S/C21H42N6O/c1-6-22-21(23-14-19-8-7-9-27(19)15-17(2)3)26-12-10-25(11-13-26)16-20(28)24-18(4)5/h17-19H,6-16H2,1-5H3,(H,22,23)(H,24,28)/t19-/m1/s1. The van der Waals surface area contributed by atoms with E-state index in [1.54, 1.807) is 0 Å². The summed E-state index contributed by atoms with van der Waals surface area (Å²) in [5, 5.41) is 6.45. The van der Waals surface area contributed by atoms with E-state index in [9.17, 15) is 4.79 Å². The molecule has 2 N–H and O–H groups in total. The summed E-state index contributed by atoms with van der Waals surface area (Å²) in [5.74, 6) is 1.86. The SMILES string of the molecule is CCNC(=NC[C@H]1CCCN1CC(C)C)N1CCN(CC(=O)NC(C)C)CC1. The Hall–Kier alpha value is -1.34. The third-order valence-electron chi connectivity index (χ3n) is 5.37. The van der Waals surface area contributed by atoms with E-state index in [1.807, 2.05) is 13.8 Å². The van der Waals surface area contributed by atoms with Gasteiger partial charge in [0, 0.05) is 51.4 Å². The van der Waals surface area contributed by atoms with E-state index >= 15 is 0 Å². The molecule has 0 spiro atoms. The Balaban J connectivity index is 1.85. The molecule has 2 rings (SSSR count). The first kappa shape index (κ1) is 22.9. The van der Waals surface area contributed by atoms with E-state index in [4.69, 9.17) is 4.99 Å². The van der Waals surface area contributed by atoms with E-state index in [2.05, 4.69) is 46.1 Å². The van der Waals surface area contributed by atoms with Crippen LogP contribution in [-0.4, -0.2) is 97.6 Å². The molecule has 0 aromatic carbocycles. The minimum Gasteiger partial charge on any atom is -0.357 e. The fraction of sp³-hybridized carbons (Fsp3) is 0.905. The van der Waals surface area contributed by atoms with Crippen molar-refractivity contribution in [2.45, 2.75) is 59.5 Å². The summed E-state index contributed by atoms with van der Waals surface area (Å²) < 4.78 is 0. The van der Waals surface area contributed by atoms with Crippen molar-refractivity contribution in [1.29, 1.82) is 0 Å². The Morgan fingerprint density at radius 2 is 1.82 bits per heavy atom. The van der Waals surface area contributed by atoms with E-state index in [0.29, 0.717) is 18.5 Å². The Morgan fingerprint density at radius 3 is 2.43 bits per heavy atom. The highest BCUT2D eigenvalue weighted by molar-refractivity contribution is 5.80. The van der Waals surface area contributed by atoms with Crippen molar-refractivity contribution in [3.63, 3.8) is 0 Å². The zero-order valence-corrected chi connectivity index (χ0v) is 18.7. The summed E-state index contributed by atoms with van der Waals surface area (Å²) in [5.41, 5.74) is 0. The summed E-state index contributed by atoms with van der Waals surface area (Å²) in [6, 6.07) is 0.782. The van der Waals surface area contributed by atoms with Crippen molar-refractivity contribution in [3.8, 4) is 0 Å². The number of hydrogen-bond donors (Lipinski definition) is 2. The predicted molar refractivity (Wildman–Crippen MR) is 117 cm³/mol.